The number of ether oxygens (including phenoxy) is 3. The number of pyridine rings is 1. The zero-order valence-electron chi connectivity index (χ0n) is 33.7. The number of para-hydroxylation sites is 1. The SMILES string of the molecule is CC1(C)CCC(CN2CCN(c3ccc(C(=O)NS(=O)(=O)c4cnc(OCC5(F)CCOCC5)c(Cl)c4)c(Oc4cccc5c4N=CC5)c3)CC2)=C(c2ccc(Cl)cc2)C1. The lowest BCUT2D eigenvalue weighted by molar-refractivity contribution is -0.0331. The lowest BCUT2D eigenvalue weighted by Gasteiger charge is -2.39. The van der Waals surface area contributed by atoms with Gasteiger partial charge in [-0.15, -0.1) is 0 Å². The maximum atomic E-state index is 15.1. The van der Waals surface area contributed by atoms with Crippen LogP contribution in [0.2, 0.25) is 10.0 Å². The molecule has 3 aromatic carbocycles. The number of halogens is 3. The van der Waals surface area contributed by atoms with Gasteiger partial charge >= 0.3 is 0 Å². The molecule has 4 heterocycles. The fourth-order valence-electron chi connectivity index (χ4n) is 8.17. The molecule has 2 saturated heterocycles. The van der Waals surface area contributed by atoms with Gasteiger partial charge in [-0.3, -0.25) is 14.7 Å². The standard InChI is InChI=1S/C45H48Cl2FN5O6S/c1-44(2)14-12-32(37(26-44)30-6-8-33(46)9-7-30)28-52-18-20-53(21-19-52)34-10-11-36(40(24-34)59-39-5-3-4-31-13-17-49-41(31)39)42(54)51-60(55,56)35-25-38(47)43(50-27-35)58-29-45(48)15-22-57-23-16-45/h3-11,17,24-25,27H,12-16,18-23,26,28-29H2,1-2H3,(H,51,54). The molecule has 1 aliphatic carbocycles. The summed E-state index contributed by atoms with van der Waals surface area (Å²) in [6, 6.07) is 20.1. The highest BCUT2D eigenvalue weighted by molar-refractivity contribution is 7.90. The average Bonchev–Trinajstić information content (AvgIpc) is 3.72. The Bertz CT molecular complexity index is 2430. The molecule has 316 valence electrons. The smallest absolute Gasteiger partial charge is 0.268 e. The Morgan fingerprint density at radius 3 is 2.48 bits per heavy atom. The van der Waals surface area contributed by atoms with Crippen molar-refractivity contribution in [2.75, 3.05) is 57.4 Å². The number of nitrogens with one attached hydrogen (secondary N) is 1. The number of hydrogen-bond donors (Lipinski definition) is 1. The van der Waals surface area contributed by atoms with E-state index in [-0.39, 0.29) is 65.2 Å². The molecule has 60 heavy (non-hydrogen) atoms. The number of benzene rings is 3. The average molecular weight is 877 g/mol. The first-order chi connectivity index (χ1) is 28.7. The predicted octanol–water partition coefficient (Wildman–Crippen LogP) is 9.24. The molecule has 15 heteroatoms. The fourth-order valence-corrected chi connectivity index (χ4v) is 9.52. The Labute approximate surface area is 360 Å². The molecule has 0 atom stereocenters. The summed E-state index contributed by atoms with van der Waals surface area (Å²) in [5.41, 5.74) is 5.24. The van der Waals surface area contributed by atoms with E-state index in [2.05, 4.69) is 50.5 Å². The van der Waals surface area contributed by atoms with Gasteiger partial charge in [-0.05, 0) is 77.8 Å². The van der Waals surface area contributed by atoms with E-state index in [1.165, 1.54) is 16.7 Å². The maximum Gasteiger partial charge on any atom is 0.268 e. The number of piperazine rings is 1. The van der Waals surface area contributed by atoms with Crippen LogP contribution in [0.25, 0.3) is 5.57 Å². The number of aliphatic imine (C=N–C) groups is 1. The number of hydrogen-bond acceptors (Lipinski definition) is 10. The zero-order chi connectivity index (χ0) is 42.1. The van der Waals surface area contributed by atoms with Crippen LogP contribution in [-0.4, -0.2) is 88.6 Å². The van der Waals surface area contributed by atoms with Crippen molar-refractivity contribution in [3.8, 4) is 17.4 Å². The van der Waals surface area contributed by atoms with E-state index >= 15 is 4.39 Å². The second kappa shape index (κ2) is 17.4. The van der Waals surface area contributed by atoms with Crippen LogP contribution in [0.5, 0.6) is 17.4 Å². The van der Waals surface area contributed by atoms with Crippen molar-refractivity contribution in [2.45, 2.75) is 62.9 Å². The Hall–Kier alpha value is -4.53. The van der Waals surface area contributed by atoms with Crippen molar-refractivity contribution in [1.82, 2.24) is 14.6 Å². The Kier molecular flexibility index (Phi) is 12.3. The summed E-state index contributed by atoms with van der Waals surface area (Å²) in [6.45, 7) is 8.98. The largest absolute Gasteiger partial charge is 0.473 e. The molecule has 1 N–H and O–H groups in total. The first kappa shape index (κ1) is 42.2. The minimum absolute atomic E-state index is 0.00569. The van der Waals surface area contributed by atoms with E-state index in [0.29, 0.717) is 17.9 Å². The molecule has 0 radical (unpaired) electrons. The van der Waals surface area contributed by atoms with Crippen molar-refractivity contribution in [2.24, 2.45) is 10.4 Å². The number of carbonyl (C=O) groups is 1. The molecule has 0 spiro atoms. The van der Waals surface area contributed by atoms with Crippen LogP contribution in [0.1, 0.15) is 67.4 Å². The summed E-state index contributed by atoms with van der Waals surface area (Å²) in [5, 5.41) is 0.589. The van der Waals surface area contributed by atoms with Gasteiger partial charge in [-0.1, -0.05) is 66.9 Å². The molecule has 0 unspecified atom stereocenters. The molecule has 3 aliphatic heterocycles. The van der Waals surface area contributed by atoms with E-state index in [1.807, 2.05) is 30.3 Å². The third-order valence-corrected chi connectivity index (χ3v) is 13.6. The molecule has 0 saturated carbocycles. The number of aromatic nitrogens is 1. The van der Waals surface area contributed by atoms with Gasteiger partial charge in [-0.2, -0.15) is 0 Å². The van der Waals surface area contributed by atoms with Crippen molar-refractivity contribution in [3.63, 3.8) is 0 Å². The number of allylic oxidation sites excluding steroid dienone is 1. The molecule has 8 rings (SSSR count). The van der Waals surface area contributed by atoms with Crippen molar-refractivity contribution >= 4 is 62.3 Å². The third kappa shape index (κ3) is 9.66. The molecule has 2 fully saturated rings. The summed E-state index contributed by atoms with van der Waals surface area (Å²) < 4.78 is 61.6. The first-order valence-corrected chi connectivity index (χ1v) is 22.5. The summed E-state index contributed by atoms with van der Waals surface area (Å²) in [4.78, 5) is 26.8. The summed E-state index contributed by atoms with van der Waals surface area (Å²) in [5.74, 6) is -0.404. The Morgan fingerprint density at radius 1 is 0.967 bits per heavy atom. The van der Waals surface area contributed by atoms with Gasteiger partial charge < -0.3 is 19.1 Å². The lowest BCUT2D eigenvalue weighted by atomic mass is 9.72. The highest BCUT2D eigenvalue weighted by Gasteiger charge is 2.34. The van der Waals surface area contributed by atoms with Crippen LogP contribution < -0.4 is 19.1 Å². The number of amides is 1. The van der Waals surface area contributed by atoms with E-state index in [9.17, 15) is 13.2 Å². The Morgan fingerprint density at radius 2 is 1.73 bits per heavy atom. The summed E-state index contributed by atoms with van der Waals surface area (Å²) in [6.07, 6.45) is 7.02. The van der Waals surface area contributed by atoms with Gasteiger partial charge in [0.05, 0.1) is 11.8 Å². The zero-order valence-corrected chi connectivity index (χ0v) is 36.0. The van der Waals surface area contributed by atoms with Crippen molar-refractivity contribution in [1.29, 1.82) is 0 Å². The molecule has 0 bridgehead atoms. The van der Waals surface area contributed by atoms with Crippen LogP contribution in [0.4, 0.5) is 15.8 Å². The monoisotopic (exact) mass is 875 g/mol. The fraction of sp³-hybridized carbons (Fsp3) is 0.400. The molecule has 4 aromatic rings. The molecule has 4 aliphatic rings. The molecular formula is C45H48Cl2FN5O6S. The van der Waals surface area contributed by atoms with E-state index in [1.54, 1.807) is 24.4 Å². The van der Waals surface area contributed by atoms with Gasteiger partial charge in [0.25, 0.3) is 15.9 Å². The molecule has 11 nitrogen and oxygen atoms in total. The number of anilines is 1. The minimum atomic E-state index is -4.47. The van der Waals surface area contributed by atoms with Gasteiger partial charge in [0.15, 0.2) is 5.75 Å². The van der Waals surface area contributed by atoms with Crippen LogP contribution in [0, 0.1) is 5.41 Å². The van der Waals surface area contributed by atoms with Gasteiger partial charge in [0, 0.05) is 88.2 Å². The van der Waals surface area contributed by atoms with E-state index in [0.717, 1.165) is 80.5 Å². The molecule has 1 aromatic heterocycles. The minimum Gasteiger partial charge on any atom is -0.473 e. The summed E-state index contributed by atoms with van der Waals surface area (Å²) in [7, 11) is -4.47. The molecule has 1 amide bonds. The van der Waals surface area contributed by atoms with Crippen LogP contribution in [0.3, 0.4) is 0 Å². The van der Waals surface area contributed by atoms with Gasteiger partial charge in [-0.25, -0.2) is 22.5 Å². The quantitative estimate of drug-likeness (QED) is 0.148. The summed E-state index contributed by atoms with van der Waals surface area (Å²) >= 11 is 12.6. The van der Waals surface area contributed by atoms with E-state index in [4.69, 9.17) is 37.4 Å². The van der Waals surface area contributed by atoms with Crippen LogP contribution in [0.15, 0.2) is 88.4 Å². The van der Waals surface area contributed by atoms with Gasteiger partial charge in [0.1, 0.15) is 33.6 Å². The number of alkyl halides is 1. The normalized spacial score (nSPS) is 18.9. The van der Waals surface area contributed by atoms with Crippen LogP contribution >= 0.6 is 23.2 Å². The van der Waals surface area contributed by atoms with Crippen molar-refractivity contribution < 1.29 is 31.8 Å². The number of sulfonamides is 1. The number of rotatable bonds is 12. The molecular weight excluding hydrogens is 828 g/mol. The van der Waals surface area contributed by atoms with Gasteiger partial charge in [0.2, 0.25) is 5.88 Å². The van der Waals surface area contributed by atoms with Crippen molar-refractivity contribution in [3.05, 3.63) is 105 Å². The Balaban J connectivity index is 0.991. The second-order valence-electron chi connectivity index (χ2n) is 16.7. The van der Waals surface area contributed by atoms with E-state index < -0.39 is 21.6 Å². The second-order valence-corrected chi connectivity index (χ2v) is 19.2. The maximum absolute atomic E-state index is 15.1. The lowest BCUT2D eigenvalue weighted by Crippen LogP contribution is -2.47. The highest BCUT2D eigenvalue weighted by atomic mass is 35.5. The number of fused-ring (bicyclic) bond motifs is 1. The number of nitrogens with zero attached hydrogens (tertiary/aromatic N) is 4. The predicted molar refractivity (Wildman–Crippen MR) is 233 cm³/mol. The third-order valence-electron chi connectivity index (χ3n) is 11.8. The first-order valence-electron chi connectivity index (χ1n) is 20.3. The topological polar surface area (TPSA) is 123 Å². The number of carbonyl (C=O) groups excluding carboxylic acids is 1. The highest BCUT2D eigenvalue weighted by Crippen LogP contribution is 2.44. The van der Waals surface area contributed by atoms with Crippen LogP contribution in [-0.2, 0) is 21.2 Å².